The molecule has 3 aromatic rings. The number of nitrogens with zero attached hydrogens (tertiary/aromatic N) is 2. The maximum absolute atomic E-state index is 13.3. The second-order valence-corrected chi connectivity index (χ2v) is 8.11. The number of likely N-dealkylation sites (N-methyl/N-ethyl adjacent to an activating group) is 1. The molecule has 1 heterocycles. The van der Waals surface area contributed by atoms with Crippen molar-refractivity contribution < 1.29 is 4.79 Å². The van der Waals surface area contributed by atoms with Crippen molar-refractivity contribution in [1.29, 1.82) is 0 Å². The summed E-state index contributed by atoms with van der Waals surface area (Å²) in [5.74, 6) is -0.0212. The Hall–Kier alpha value is -3.46. The number of benzene rings is 3. The Kier molecular flexibility index (Phi) is 3.82. The van der Waals surface area contributed by atoms with Gasteiger partial charge in [0.25, 0.3) is 0 Å². The van der Waals surface area contributed by atoms with Crippen LogP contribution >= 0.6 is 0 Å². The normalized spacial score (nSPS) is 19.3. The standard InChI is InChI=1S/C26H22N2O/c1-26(2)21-14-8-9-15-22(21)28(3)23(26)16-27-24-19-12-6-4-10-17(19)18-11-5-7-13-20(18)25(24)29/h4-16H,1-3H3/b23-16+,27-24?. The number of fused-ring (bicyclic) bond motifs is 4. The van der Waals surface area contributed by atoms with Gasteiger partial charge in [-0.2, -0.15) is 0 Å². The van der Waals surface area contributed by atoms with Gasteiger partial charge < -0.3 is 4.90 Å². The molecule has 2 aliphatic rings. The summed E-state index contributed by atoms with van der Waals surface area (Å²) in [6, 6.07) is 24.2. The highest BCUT2D eigenvalue weighted by Gasteiger charge is 2.38. The molecule has 0 spiro atoms. The Balaban J connectivity index is 1.67. The van der Waals surface area contributed by atoms with Gasteiger partial charge in [-0.15, -0.1) is 0 Å². The van der Waals surface area contributed by atoms with Gasteiger partial charge in [0, 0.05) is 41.2 Å². The van der Waals surface area contributed by atoms with E-state index in [-0.39, 0.29) is 11.2 Å². The Labute approximate surface area is 171 Å². The fourth-order valence-electron chi connectivity index (χ4n) is 4.57. The van der Waals surface area contributed by atoms with Crippen molar-refractivity contribution in [3.05, 3.63) is 101 Å². The van der Waals surface area contributed by atoms with Crippen molar-refractivity contribution in [3.8, 4) is 11.1 Å². The molecule has 5 rings (SSSR count). The highest BCUT2D eigenvalue weighted by molar-refractivity contribution is 6.55. The first kappa shape index (κ1) is 17.6. The Morgan fingerprint density at radius 3 is 2.03 bits per heavy atom. The first-order chi connectivity index (χ1) is 14.0. The molecule has 3 heteroatoms. The number of allylic oxidation sites excluding steroid dienone is 1. The number of para-hydroxylation sites is 1. The zero-order valence-electron chi connectivity index (χ0n) is 16.8. The molecule has 3 aromatic carbocycles. The number of aliphatic imine (C=N–C) groups is 1. The third kappa shape index (κ3) is 2.51. The van der Waals surface area contributed by atoms with E-state index < -0.39 is 0 Å². The minimum absolute atomic E-state index is 0.0212. The van der Waals surface area contributed by atoms with E-state index >= 15 is 0 Å². The van der Waals surface area contributed by atoms with Crippen molar-refractivity contribution >= 4 is 17.2 Å². The molecule has 142 valence electrons. The summed E-state index contributed by atoms with van der Waals surface area (Å²) in [6.45, 7) is 4.40. The molecule has 3 nitrogen and oxygen atoms in total. The van der Waals surface area contributed by atoms with Crippen molar-refractivity contribution in [2.45, 2.75) is 19.3 Å². The summed E-state index contributed by atoms with van der Waals surface area (Å²) >= 11 is 0. The van der Waals surface area contributed by atoms with Crippen LogP contribution in [0.1, 0.15) is 35.3 Å². The lowest BCUT2D eigenvalue weighted by atomic mass is 9.83. The van der Waals surface area contributed by atoms with Crippen LogP contribution in [0.5, 0.6) is 0 Å². The number of carbonyl (C=O) groups excluding carboxylic acids is 1. The number of hydrogen-bond acceptors (Lipinski definition) is 3. The third-order valence-corrected chi connectivity index (χ3v) is 6.12. The van der Waals surface area contributed by atoms with Crippen LogP contribution in [0, 0.1) is 0 Å². The van der Waals surface area contributed by atoms with Crippen LogP contribution in [0.4, 0.5) is 5.69 Å². The molecule has 1 aliphatic heterocycles. The molecule has 29 heavy (non-hydrogen) atoms. The van der Waals surface area contributed by atoms with Gasteiger partial charge in [-0.05, 0) is 22.8 Å². The van der Waals surface area contributed by atoms with Crippen LogP contribution < -0.4 is 4.90 Å². The Morgan fingerprint density at radius 2 is 1.34 bits per heavy atom. The monoisotopic (exact) mass is 378 g/mol. The van der Waals surface area contributed by atoms with Gasteiger partial charge in [0.15, 0.2) is 0 Å². The lowest BCUT2D eigenvalue weighted by molar-refractivity contribution is 0.106. The maximum atomic E-state index is 13.3. The molecule has 0 aromatic heterocycles. The van der Waals surface area contributed by atoms with Gasteiger partial charge in [0.2, 0.25) is 5.78 Å². The molecule has 0 saturated heterocycles. The van der Waals surface area contributed by atoms with E-state index in [2.05, 4.69) is 56.1 Å². The minimum atomic E-state index is -0.176. The molecule has 0 unspecified atom stereocenters. The van der Waals surface area contributed by atoms with Crippen LogP contribution in [0.3, 0.4) is 0 Å². The number of anilines is 1. The van der Waals surface area contributed by atoms with Gasteiger partial charge in [-0.1, -0.05) is 80.6 Å². The van der Waals surface area contributed by atoms with Crippen LogP contribution in [0.2, 0.25) is 0 Å². The molecule has 0 atom stereocenters. The van der Waals surface area contributed by atoms with Crippen molar-refractivity contribution in [3.63, 3.8) is 0 Å². The number of carbonyl (C=O) groups is 1. The molecule has 0 bridgehead atoms. The largest absolute Gasteiger partial charge is 0.346 e. The first-order valence-corrected chi connectivity index (χ1v) is 9.85. The zero-order valence-corrected chi connectivity index (χ0v) is 16.8. The van der Waals surface area contributed by atoms with E-state index in [9.17, 15) is 4.79 Å². The SMILES string of the molecule is CN1/C(=C/N=C2C(=O)c3ccccc3-c3ccccc32)C(C)(C)c2ccccc21. The van der Waals surface area contributed by atoms with E-state index in [4.69, 9.17) is 4.99 Å². The summed E-state index contributed by atoms with van der Waals surface area (Å²) in [4.78, 5) is 20.2. The van der Waals surface area contributed by atoms with Crippen LogP contribution in [-0.2, 0) is 5.41 Å². The van der Waals surface area contributed by atoms with Crippen molar-refractivity contribution in [2.75, 3.05) is 11.9 Å². The van der Waals surface area contributed by atoms with Crippen molar-refractivity contribution in [2.24, 2.45) is 4.99 Å². The number of hydrogen-bond donors (Lipinski definition) is 0. The summed E-state index contributed by atoms with van der Waals surface area (Å²) < 4.78 is 0. The summed E-state index contributed by atoms with van der Waals surface area (Å²) in [5, 5.41) is 0. The fourth-order valence-corrected chi connectivity index (χ4v) is 4.57. The predicted molar refractivity (Wildman–Crippen MR) is 119 cm³/mol. The fraction of sp³-hybridized carbons (Fsp3) is 0.154. The average molecular weight is 378 g/mol. The topological polar surface area (TPSA) is 32.7 Å². The van der Waals surface area contributed by atoms with Gasteiger partial charge in [0.1, 0.15) is 5.71 Å². The van der Waals surface area contributed by atoms with Crippen LogP contribution in [0.15, 0.2) is 89.7 Å². The van der Waals surface area contributed by atoms with Crippen LogP contribution in [-0.4, -0.2) is 18.5 Å². The van der Waals surface area contributed by atoms with E-state index in [0.29, 0.717) is 11.3 Å². The predicted octanol–water partition coefficient (Wildman–Crippen LogP) is 5.61. The van der Waals surface area contributed by atoms with Gasteiger partial charge >= 0.3 is 0 Å². The van der Waals surface area contributed by atoms with Crippen LogP contribution in [0.25, 0.3) is 11.1 Å². The van der Waals surface area contributed by atoms with Gasteiger partial charge in [0.05, 0.1) is 0 Å². The Morgan fingerprint density at radius 1 is 0.793 bits per heavy atom. The molecule has 0 saturated carbocycles. The summed E-state index contributed by atoms with van der Waals surface area (Å²) in [5.41, 5.74) is 7.51. The van der Waals surface area contributed by atoms with E-state index in [1.807, 2.05) is 48.7 Å². The molecule has 1 aliphatic carbocycles. The third-order valence-electron chi connectivity index (χ3n) is 6.12. The zero-order chi connectivity index (χ0) is 20.2. The number of ketones is 1. The van der Waals surface area contributed by atoms with Crippen molar-refractivity contribution in [1.82, 2.24) is 0 Å². The van der Waals surface area contributed by atoms with E-state index in [1.165, 1.54) is 11.3 Å². The Bertz CT molecular complexity index is 1220. The molecular weight excluding hydrogens is 356 g/mol. The summed E-state index contributed by atoms with van der Waals surface area (Å²) in [6.07, 6.45) is 1.87. The smallest absolute Gasteiger partial charge is 0.212 e. The molecular formula is C26H22N2O. The quantitative estimate of drug-likeness (QED) is 0.551. The highest BCUT2D eigenvalue weighted by Crippen LogP contribution is 2.46. The summed E-state index contributed by atoms with van der Waals surface area (Å²) in [7, 11) is 2.06. The first-order valence-electron chi connectivity index (χ1n) is 9.85. The average Bonchev–Trinajstić information content (AvgIpc) is 2.94. The minimum Gasteiger partial charge on any atom is -0.346 e. The molecule has 0 amide bonds. The number of rotatable bonds is 1. The van der Waals surface area contributed by atoms with Gasteiger partial charge in [-0.3, -0.25) is 9.79 Å². The maximum Gasteiger partial charge on any atom is 0.212 e. The highest BCUT2D eigenvalue weighted by atomic mass is 16.1. The van der Waals surface area contributed by atoms with E-state index in [1.54, 1.807) is 0 Å². The lowest BCUT2D eigenvalue weighted by Gasteiger charge is -2.24. The molecule has 0 N–H and O–H groups in total. The lowest BCUT2D eigenvalue weighted by Crippen LogP contribution is -2.24. The van der Waals surface area contributed by atoms with Gasteiger partial charge in [-0.25, -0.2) is 0 Å². The molecule has 0 radical (unpaired) electrons. The number of Topliss-reactive ketones (excluding diaryl/α,β-unsaturated/α-hetero) is 1. The van der Waals surface area contributed by atoms with E-state index in [0.717, 1.165) is 22.4 Å². The second kappa shape index (κ2) is 6.28. The molecule has 0 fully saturated rings. The second-order valence-electron chi connectivity index (χ2n) is 8.11.